The Hall–Kier alpha value is -2.74. The summed E-state index contributed by atoms with van der Waals surface area (Å²) in [4.78, 5) is 4.09. The predicted molar refractivity (Wildman–Crippen MR) is 95.5 cm³/mol. The Bertz CT molecular complexity index is 1120. The van der Waals surface area contributed by atoms with Gasteiger partial charge < -0.3 is 10.4 Å². The van der Waals surface area contributed by atoms with Crippen LogP contribution < -0.4 is 5.32 Å². The monoisotopic (exact) mass is 354 g/mol. The summed E-state index contributed by atoms with van der Waals surface area (Å²) in [7, 11) is -4.32. The normalized spacial score (nSPS) is 18.3. The summed E-state index contributed by atoms with van der Waals surface area (Å²) < 4.78 is 32.1. The summed E-state index contributed by atoms with van der Waals surface area (Å²) in [6.45, 7) is 0. The molecule has 6 nitrogen and oxygen atoms in total. The van der Waals surface area contributed by atoms with Crippen LogP contribution in [0, 0.1) is 0 Å². The molecular formula is C18H14N2O4S. The molecule has 7 heteroatoms. The van der Waals surface area contributed by atoms with Crippen LogP contribution in [-0.2, 0) is 10.1 Å². The standard InChI is InChI=1S/C18H14N2O4S/c21-18-15(9-11-7-8-19-16-4-2-1-3-13(11)16)14-10-12(25(22,23)24)5-6-17(14)20-18/h1-10,18,20-21H,(H,22,23,24). The minimum Gasteiger partial charge on any atom is -0.369 e. The second-order valence-electron chi connectivity index (χ2n) is 5.75. The maximum absolute atomic E-state index is 11.4. The zero-order valence-electron chi connectivity index (χ0n) is 12.9. The molecule has 4 rings (SSSR count). The molecule has 3 N–H and O–H groups in total. The Balaban J connectivity index is 1.91. The lowest BCUT2D eigenvalue weighted by atomic mass is 10.0. The molecule has 126 valence electrons. The van der Waals surface area contributed by atoms with Crippen molar-refractivity contribution in [3.8, 4) is 0 Å². The van der Waals surface area contributed by atoms with E-state index in [1.54, 1.807) is 12.3 Å². The van der Waals surface area contributed by atoms with Crippen molar-refractivity contribution < 1.29 is 18.1 Å². The number of hydrogen-bond donors (Lipinski definition) is 3. The molecule has 1 atom stereocenters. The smallest absolute Gasteiger partial charge is 0.294 e. The highest BCUT2D eigenvalue weighted by Crippen LogP contribution is 2.37. The van der Waals surface area contributed by atoms with Gasteiger partial charge in [0, 0.05) is 28.4 Å². The molecule has 1 aromatic heterocycles. The first kappa shape index (κ1) is 15.8. The molecule has 1 aliphatic rings. The topological polar surface area (TPSA) is 99.5 Å². The number of anilines is 1. The minimum atomic E-state index is -4.32. The van der Waals surface area contributed by atoms with E-state index in [1.165, 1.54) is 18.2 Å². The van der Waals surface area contributed by atoms with Gasteiger partial charge in [0.1, 0.15) is 0 Å². The highest BCUT2D eigenvalue weighted by Gasteiger charge is 2.26. The maximum Gasteiger partial charge on any atom is 0.294 e. The molecule has 0 radical (unpaired) electrons. The van der Waals surface area contributed by atoms with Crippen LogP contribution in [0.4, 0.5) is 5.69 Å². The van der Waals surface area contributed by atoms with E-state index in [9.17, 15) is 18.1 Å². The van der Waals surface area contributed by atoms with Gasteiger partial charge in [0.25, 0.3) is 10.1 Å². The van der Waals surface area contributed by atoms with Gasteiger partial charge >= 0.3 is 0 Å². The third-order valence-corrected chi connectivity index (χ3v) is 5.03. The fourth-order valence-electron chi connectivity index (χ4n) is 2.99. The van der Waals surface area contributed by atoms with Gasteiger partial charge in [-0.25, -0.2) is 0 Å². The first-order valence-corrected chi connectivity index (χ1v) is 8.99. The van der Waals surface area contributed by atoms with Gasteiger partial charge in [0.05, 0.1) is 10.4 Å². The first-order chi connectivity index (χ1) is 11.9. The van der Waals surface area contributed by atoms with Gasteiger partial charge in [0.2, 0.25) is 0 Å². The quantitative estimate of drug-likeness (QED) is 0.612. The molecule has 0 aliphatic carbocycles. The van der Waals surface area contributed by atoms with Gasteiger partial charge in [0.15, 0.2) is 6.23 Å². The zero-order valence-corrected chi connectivity index (χ0v) is 13.7. The lowest BCUT2D eigenvalue weighted by Crippen LogP contribution is -2.12. The number of aromatic nitrogens is 1. The van der Waals surface area contributed by atoms with Crippen LogP contribution in [0.5, 0.6) is 0 Å². The molecule has 0 fully saturated rings. The molecule has 0 saturated heterocycles. The maximum atomic E-state index is 11.4. The van der Waals surface area contributed by atoms with E-state index >= 15 is 0 Å². The van der Waals surface area contributed by atoms with Crippen LogP contribution in [0.2, 0.25) is 0 Å². The number of benzene rings is 2. The summed E-state index contributed by atoms with van der Waals surface area (Å²) in [5, 5.41) is 14.1. The van der Waals surface area contributed by atoms with Crippen LogP contribution in [0.3, 0.4) is 0 Å². The Morgan fingerprint density at radius 2 is 1.92 bits per heavy atom. The van der Waals surface area contributed by atoms with Gasteiger partial charge in [-0.15, -0.1) is 0 Å². The number of aliphatic hydroxyl groups excluding tert-OH is 1. The van der Waals surface area contributed by atoms with Gasteiger partial charge in [-0.2, -0.15) is 8.42 Å². The van der Waals surface area contributed by atoms with Crippen LogP contribution in [-0.4, -0.2) is 29.3 Å². The number of rotatable bonds is 2. The van der Waals surface area contributed by atoms with E-state index in [4.69, 9.17) is 0 Å². The second kappa shape index (κ2) is 5.66. The van der Waals surface area contributed by atoms with Crippen LogP contribution >= 0.6 is 0 Å². The summed E-state index contributed by atoms with van der Waals surface area (Å²) in [5.41, 5.74) is 3.33. The lowest BCUT2D eigenvalue weighted by molar-refractivity contribution is 0.266. The van der Waals surface area contributed by atoms with E-state index in [-0.39, 0.29) is 4.90 Å². The lowest BCUT2D eigenvalue weighted by Gasteiger charge is -2.07. The average molecular weight is 354 g/mol. The van der Waals surface area contributed by atoms with Gasteiger partial charge in [-0.3, -0.25) is 9.54 Å². The molecule has 2 heterocycles. The molecule has 1 aliphatic heterocycles. The number of para-hydroxylation sites is 1. The molecule has 1 unspecified atom stereocenters. The minimum absolute atomic E-state index is 0.215. The van der Waals surface area contributed by atoms with Crippen molar-refractivity contribution in [1.29, 1.82) is 0 Å². The molecule has 0 bridgehead atoms. The van der Waals surface area contributed by atoms with E-state index < -0.39 is 16.3 Å². The van der Waals surface area contributed by atoms with Crippen molar-refractivity contribution in [3.63, 3.8) is 0 Å². The highest BCUT2D eigenvalue weighted by atomic mass is 32.2. The Morgan fingerprint density at radius 3 is 2.72 bits per heavy atom. The van der Waals surface area contributed by atoms with E-state index in [0.29, 0.717) is 16.8 Å². The predicted octanol–water partition coefficient (Wildman–Crippen LogP) is 2.77. The highest BCUT2D eigenvalue weighted by molar-refractivity contribution is 7.85. The van der Waals surface area contributed by atoms with Gasteiger partial charge in [-0.05, 0) is 42.0 Å². The molecule has 3 aromatic rings. The molecule has 0 saturated carbocycles. The zero-order chi connectivity index (χ0) is 17.6. The fraction of sp³-hybridized carbons (Fsp3) is 0.0556. The number of nitrogens with zero attached hydrogens (tertiary/aromatic N) is 1. The van der Waals surface area contributed by atoms with Crippen LogP contribution in [0.15, 0.2) is 59.6 Å². The van der Waals surface area contributed by atoms with E-state index in [0.717, 1.165) is 16.5 Å². The van der Waals surface area contributed by atoms with E-state index in [1.807, 2.05) is 30.3 Å². The van der Waals surface area contributed by atoms with Gasteiger partial charge in [-0.1, -0.05) is 18.2 Å². The summed E-state index contributed by atoms with van der Waals surface area (Å²) in [6, 6.07) is 13.6. The number of pyridine rings is 1. The average Bonchev–Trinajstić information content (AvgIpc) is 2.89. The fourth-order valence-corrected chi connectivity index (χ4v) is 3.50. The number of fused-ring (bicyclic) bond motifs is 2. The molecule has 0 amide bonds. The van der Waals surface area contributed by atoms with E-state index in [2.05, 4.69) is 10.3 Å². The van der Waals surface area contributed by atoms with Crippen LogP contribution in [0.25, 0.3) is 22.6 Å². The number of aliphatic hydroxyl groups is 1. The Morgan fingerprint density at radius 1 is 1.12 bits per heavy atom. The Labute approximate surface area is 144 Å². The van der Waals surface area contributed by atoms with Crippen molar-refractivity contribution in [2.75, 3.05) is 5.32 Å². The van der Waals surface area contributed by atoms with Crippen molar-refractivity contribution in [1.82, 2.24) is 4.98 Å². The largest absolute Gasteiger partial charge is 0.369 e. The summed E-state index contributed by atoms with van der Waals surface area (Å²) in [6.07, 6.45) is 2.50. The number of hydrogen-bond acceptors (Lipinski definition) is 5. The second-order valence-corrected chi connectivity index (χ2v) is 7.17. The summed E-state index contributed by atoms with van der Waals surface area (Å²) in [5.74, 6) is 0. The van der Waals surface area contributed by atoms with Crippen molar-refractivity contribution in [2.24, 2.45) is 0 Å². The molecule has 0 spiro atoms. The molecule has 2 aromatic carbocycles. The first-order valence-electron chi connectivity index (χ1n) is 7.55. The SMILES string of the molecule is O=S(=O)(O)c1ccc2c(c1)C(=Cc1ccnc3ccccc13)C(O)N2. The molecule has 25 heavy (non-hydrogen) atoms. The van der Waals surface area contributed by atoms with Crippen molar-refractivity contribution >= 4 is 38.4 Å². The summed E-state index contributed by atoms with van der Waals surface area (Å²) >= 11 is 0. The van der Waals surface area contributed by atoms with Crippen molar-refractivity contribution in [2.45, 2.75) is 11.1 Å². The molecular weight excluding hydrogens is 340 g/mol. The Kier molecular flexibility index (Phi) is 3.57. The van der Waals surface area contributed by atoms with Crippen LogP contribution in [0.1, 0.15) is 11.1 Å². The number of nitrogens with one attached hydrogen (secondary N) is 1. The third kappa shape index (κ3) is 2.78. The third-order valence-electron chi connectivity index (χ3n) is 4.18. The van der Waals surface area contributed by atoms with Crippen molar-refractivity contribution in [3.05, 3.63) is 65.9 Å².